The molecule has 2 atom stereocenters. The van der Waals surface area contributed by atoms with Crippen LogP contribution in [-0.4, -0.2) is 35.5 Å². The number of nitrogens with zero attached hydrogens (tertiary/aromatic N) is 1. The Bertz CT molecular complexity index is 780. The number of carbonyl (C=O) groups excluding carboxylic acids is 2. The van der Waals surface area contributed by atoms with Crippen LogP contribution in [0.15, 0.2) is 60.7 Å². The van der Waals surface area contributed by atoms with Crippen LogP contribution < -0.4 is 16.0 Å². The van der Waals surface area contributed by atoms with Crippen LogP contribution in [-0.2, 0) is 14.4 Å². The highest BCUT2D eigenvalue weighted by atomic mass is 16.4. The van der Waals surface area contributed by atoms with E-state index in [9.17, 15) is 14.4 Å². The van der Waals surface area contributed by atoms with Crippen molar-refractivity contribution in [1.82, 2.24) is 5.32 Å². The number of nitrogens with two attached hydrogens (primary N) is 1. The second kappa shape index (κ2) is 9.49. The summed E-state index contributed by atoms with van der Waals surface area (Å²) in [6, 6.07) is 16.5. The summed E-state index contributed by atoms with van der Waals surface area (Å²) >= 11 is 0. The Morgan fingerprint density at radius 3 is 2.15 bits per heavy atom. The molecule has 0 bridgehead atoms. The van der Waals surface area contributed by atoms with Gasteiger partial charge in [0.2, 0.25) is 11.8 Å². The van der Waals surface area contributed by atoms with Gasteiger partial charge in [0.25, 0.3) is 0 Å². The molecule has 0 heterocycles. The van der Waals surface area contributed by atoms with E-state index in [1.165, 1.54) is 4.90 Å². The van der Waals surface area contributed by atoms with Crippen LogP contribution in [0.25, 0.3) is 0 Å². The molecule has 0 unspecified atom stereocenters. The minimum atomic E-state index is -1.23. The Morgan fingerprint density at radius 1 is 1.04 bits per heavy atom. The third kappa shape index (κ3) is 5.93. The van der Waals surface area contributed by atoms with Gasteiger partial charge in [0.1, 0.15) is 6.54 Å². The summed E-state index contributed by atoms with van der Waals surface area (Å²) in [5.41, 5.74) is 7.13. The maximum Gasteiger partial charge on any atom is 0.305 e. The molecule has 142 valence electrons. The number of anilines is 1. The van der Waals surface area contributed by atoms with Crippen molar-refractivity contribution in [3.05, 3.63) is 66.2 Å². The molecular weight excluding hydrogens is 346 g/mol. The highest BCUT2D eigenvalue weighted by molar-refractivity contribution is 6.02. The average molecular weight is 369 g/mol. The summed E-state index contributed by atoms with van der Waals surface area (Å²) in [4.78, 5) is 37.2. The van der Waals surface area contributed by atoms with Gasteiger partial charge in [-0.1, -0.05) is 48.5 Å². The van der Waals surface area contributed by atoms with E-state index in [2.05, 4.69) is 5.32 Å². The molecular formula is C20H23N3O4. The number of aliphatic carboxylic acids is 1. The molecule has 0 saturated heterocycles. The predicted octanol–water partition coefficient (Wildman–Crippen LogP) is 1.70. The molecule has 7 heteroatoms. The number of carbonyl (C=O) groups is 3. The molecule has 2 rings (SSSR count). The van der Waals surface area contributed by atoms with Crippen molar-refractivity contribution in [3.63, 3.8) is 0 Å². The Morgan fingerprint density at radius 2 is 1.59 bits per heavy atom. The molecule has 2 aromatic carbocycles. The summed E-state index contributed by atoms with van der Waals surface area (Å²) in [6.45, 7) is 1.59. The van der Waals surface area contributed by atoms with Gasteiger partial charge in [-0.05, 0) is 24.6 Å². The number of hydrogen-bond acceptors (Lipinski definition) is 4. The Labute approximate surface area is 157 Å². The molecule has 0 radical (unpaired) electrons. The number of para-hydroxylation sites is 1. The van der Waals surface area contributed by atoms with E-state index in [1.807, 2.05) is 37.3 Å². The summed E-state index contributed by atoms with van der Waals surface area (Å²) in [5.74, 6) is -2.16. The molecule has 27 heavy (non-hydrogen) atoms. The van der Waals surface area contributed by atoms with Crippen LogP contribution in [0.2, 0.25) is 0 Å². The van der Waals surface area contributed by atoms with Gasteiger partial charge in [-0.3, -0.25) is 14.4 Å². The van der Waals surface area contributed by atoms with Gasteiger partial charge in [-0.25, -0.2) is 0 Å². The predicted molar refractivity (Wildman–Crippen MR) is 102 cm³/mol. The van der Waals surface area contributed by atoms with Gasteiger partial charge in [-0.2, -0.15) is 0 Å². The molecule has 0 saturated carbocycles. The SMILES string of the molecule is C[C@H](NC(=O)CN(C(=O)[C@@H](N)CC(=O)O)c1ccccc1)c1ccccc1. The number of rotatable bonds is 8. The Balaban J connectivity index is 2.13. The number of benzene rings is 2. The maximum absolute atomic E-state index is 12.6. The molecule has 2 aromatic rings. The second-order valence-electron chi connectivity index (χ2n) is 6.16. The molecule has 2 amide bonds. The van der Waals surface area contributed by atoms with Crippen molar-refractivity contribution in [2.24, 2.45) is 5.73 Å². The summed E-state index contributed by atoms with van der Waals surface area (Å²) < 4.78 is 0. The normalized spacial score (nSPS) is 12.7. The molecule has 4 N–H and O–H groups in total. The first-order chi connectivity index (χ1) is 12.9. The zero-order chi connectivity index (χ0) is 19.8. The molecule has 0 aliphatic carbocycles. The van der Waals surface area contributed by atoms with Gasteiger partial charge in [0, 0.05) is 5.69 Å². The lowest BCUT2D eigenvalue weighted by molar-refractivity contribution is -0.139. The topological polar surface area (TPSA) is 113 Å². The van der Waals surface area contributed by atoms with Gasteiger partial charge < -0.3 is 21.1 Å². The molecule has 7 nitrogen and oxygen atoms in total. The van der Waals surface area contributed by atoms with Crippen LogP contribution in [0.5, 0.6) is 0 Å². The van der Waals surface area contributed by atoms with Crippen LogP contribution in [0.4, 0.5) is 5.69 Å². The number of nitrogens with one attached hydrogen (secondary N) is 1. The number of amides is 2. The summed E-state index contributed by atoms with van der Waals surface area (Å²) in [5, 5.41) is 11.7. The van der Waals surface area contributed by atoms with E-state index in [-0.39, 0.29) is 18.5 Å². The maximum atomic E-state index is 12.6. The van der Waals surface area contributed by atoms with Gasteiger partial charge in [-0.15, -0.1) is 0 Å². The standard InChI is InChI=1S/C20H23N3O4/c1-14(15-8-4-2-5-9-15)22-18(24)13-23(16-10-6-3-7-11-16)20(27)17(21)12-19(25)26/h2-11,14,17H,12-13,21H2,1H3,(H,22,24)(H,25,26)/t14-,17-/m0/s1. The van der Waals surface area contributed by atoms with Crippen LogP contribution >= 0.6 is 0 Å². The monoisotopic (exact) mass is 369 g/mol. The van der Waals surface area contributed by atoms with Crippen molar-refractivity contribution in [1.29, 1.82) is 0 Å². The minimum absolute atomic E-state index is 0.237. The zero-order valence-electron chi connectivity index (χ0n) is 15.0. The lowest BCUT2D eigenvalue weighted by Gasteiger charge is -2.26. The lowest BCUT2D eigenvalue weighted by atomic mass is 10.1. The number of hydrogen-bond donors (Lipinski definition) is 3. The number of carboxylic acid groups (broad SMARTS) is 1. The lowest BCUT2D eigenvalue weighted by Crippen LogP contribution is -2.49. The first-order valence-electron chi connectivity index (χ1n) is 8.56. The third-order valence-corrected chi connectivity index (χ3v) is 4.02. The fourth-order valence-corrected chi connectivity index (χ4v) is 2.64. The van der Waals surface area contributed by atoms with Gasteiger partial charge in [0.05, 0.1) is 18.5 Å². The highest BCUT2D eigenvalue weighted by Crippen LogP contribution is 2.16. The van der Waals surface area contributed by atoms with Gasteiger partial charge in [0.15, 0.2) is 0 Å². The van der Waals surface area contributed by atoms with Crippen molar-refractivity contribution in [2.75, 3.05) is 11.4 Å². The van der Waals surface area contributed by atoms with Crippen LogP contribution in [0.3, 0.4) is 0 Å². The molecule has 0 aliphatic rings. The van der Waals surface area contributed by atoms with E-state index in [0.717, 1.165) is 5.56 Å². The highest BCUT2D eigenvalue weighted by Gasteiger charge is 2.26. The molecule has 0 fully saturated rings. The largest absolute Gasteiger partial charge is 0.481 e. The van der Waals surface area contributed by atoms with E-state index in [4.69, 9.17) is 10.8 Å². The number of carboxylic acids is 1. The fraction of sp³-hybridized carbons (Fsp3) is 0.250. The Hall–Kier alpha value is -3.19. The van der Waals surface area contributed by atoms with Crippen LogP contribution in [0.1, 0.15) is 24.9 Å². The van der Waals surface area contributed by atoms with Crippen LogP contribution in [0, 0.1) is 0 Å². The van der Waals surface area contributed by atoms with E-state index in [1.54, 1.807) is 30.3 Å². The van der Waals surface area contributed by atoms with Gasteiger partial charge >= 0.3 is 5.97 Å². The molecule has 0 aromatic heterocycles. The quantitative estimate of drug-likeness (QED) is 0.655. The first-order valence-corrected chi connectivity index (χ1v) is 8.56. The molecule has 0 spiro atoms. The zero-order valence-corrected chi connectivity index (χ0v) is 15.0. The van der Waals surface area contributed by atoms with Crippen molar-refractivity contribution < 1.29 is 19.5 Å². The van der Waals surface area contributed by atoms with Crippen molar-refractivity contribution >= 4 is 23.5 Å². The first kappa shape index (κ1) is 20.1. The third-order valence-electron chi connectivity index (χ3n) is 4.02. The summed E-state index contributed by atoms with van der Waals surface area (Å²) in [6.07, 6.45) is -0.510. The van der Waals surface area contributed by atoms with Crippen molar-refractivity contribution in [2.45, 2.75) is 25.4 Å². The summed E-state index contributed by atoms with van der Waals surface area (Å²) in [7, 11) is 0. The van der Waals surface area contributed by atoms with E-state index in [0.29, 0.717) is 5.69 Å². The minimum Gasteiger partial charge on any atom is -0.481 e. The molecule has 0 aliphatic heterocycles. The second-order valence-corrected chi connectivity index (χ2v) is 6.16. The van der Waals surface area contributed by atoms with Crippen molar-refractivity contribution in [3.8, 4) is 0 Å². The fourth-order valence-electron chi connectivity index (χ4n) is 2.64. The Kier molecular flexibility index (Phi) is 7.08. The average Bonchev–Trinajstić information content (AvgIpc) is 2.66. The van der Waals surface area contributed by atoms with E-state index >= 15 is 0 Å². The smallest absolute Gasteiger partial charge is 0.305 e. The van der Waals surface area contributed by atoms with E-state index < -0.39 is 24.3 Å².